The fourth-order valence-corrected chi connectivity index (χ4v) is 5.41. The molecule has 3 aliphatic rings. The molecule has 1 atom stereocenters. The van der Waals surface area contributed by atoms with Crippen LogP contribution in [0.15, 0.2) is 47.5 Å². The Morgan fingerprint density at radius 2 is 2.11 bits per heavy atom. The number of thioether (sulfide) groups is 1. The number of carbonyl (C=O) groups is 2. The third kappa shape index (κ3) is 4.10. The molecule has 6 rings (SSSR count). The van der Waals surface area contributed by atoms with Crippen molar-refractivity contribution < 1.29 is 19.1 Å². The molecular formula is C24H24N6O4S. The Morgan fingerprint density at radius 3 is 2.97 bits per heavy atom. The molecule has 180 valence electrons. The highest BCUT2D eigenvalue weighted by Crippen LogP contribution is 2.36. The number of amides is 2. The predicted octanol–water partition coefficient (Wildman–Crippen LogP) is 2.49. The zero-order valence-corrected chi connectivity index (χ0v) is 19.9. The second-order valence-corrected chi connectivity index (χ2v) is 9.70. The quantitative estimate of drug-likeness (QED) is 0.536. The number of cyclic esters (lactones) is 1. The minimum Gasteiger partial charge on any atom is -0.481 e. The second-order valence-electron chi connectivity index (χ2n) is 8.68. The van der Waals surface area contributed by atoms with Crippen LogP contribution in [0.1, 0.15) is 0 Å². The molecule has 2 amide bonds. The highest BCUT2D eigenvalue weighted by Gasteiger charge is 2.36. The zero-order chi connectivity index (χ0) is 23.9. The highest BCUT2D eigenvalue weighted by molar-refractivity contribution is 8.00. The van der Waals surface area contributed by atoms with Crippen LogP contribution in [0.4, 0.5) is 21.9 Å². The Kier molecular flexibility index (Phi) is 5.57. The van der Waals surface area contributed by atoms with Gasteiger partial charge in [0.05, 0.1) is 35.8 Å². The van der Waals surface area contributed by atoms with E-state index in [0.717, 1.165) is 46.1 Å². The van der Waals surface area contributed by atoms with Gasteiger partial charge in [0, 0.05) is 48.5 Å². The topological polar surface area (TPSA) is 109 Å². The van der Waals surface area contributed by atoms with Crippen LogP contribution in [0.5, 0.6) is 5.88 Å². The van der Waals surface area contributed by atoms with Gasteiger partial charge in [-0.25, -0.2) is 9.78 Å². The van der Waals surface area contributed by atoms with Gasteiger partial charge in [-0.05, 0) is 30.3 Å². The lowest BCUT2D eigenvalue weighted by Crippen LogP contribution is -2.60. The molecule has 0 unspecified atom stereocenters. The lowest BCUT2D eigenvalue weighted by atomic mass is 10.1. The number of ether oxygens (including phenoxy) is 2. The zero-order valence-electron chi connectivity index (χ0n) is 19.1. The number of pyridine rings is 2. The number of benzene rings is 1. The minimum atomic E-state index is -0.370. The van der Waals surface area contributed by atoms with E-state index in [1.54, 1.807) is 18.2 Å². The number of aromatic nitrogens is 2. The maximum atomic E-state index is 12.5. The summed E-state index contributed by atoms with van der Waals surface area (Å²) in [4.78, 5) is 38.2. The molecule has 2 N–H and O–H groups in total. The normalized spacial score (nSPS) is 19.9. The number of carbonyl (C=O) groups excluding carboxylic acids is 2. The van der Waals surface area contributed by atoms with E-state index < -0.39 is 0 Å². The van der Waals surface area contributed by atoms with Gasteiger partial charge in [0.25, 0.3) is 0 Å². The molecule has 0 bridgehead atoms. The number of rotatable bonds is 6. The smallest absolute Gasteiger partial charge is 0.414 e. The van der Waals surface area contributed by atoms with E-state index in [1.807, 2.05) is 36.4 Å². The van der Waals surface area contributed by atoms with Crippen LogP contribution in [0.3, 0.4) is 0 Å². The fraction of sp³-hybridized carbons (Fsp3) is 0.333. The van der Waals surface area contributed by atoms with Crippen LogP contribution < -0.4 is 25.2 Å². The van der Waals surface area contributed by atoms with Gasteiger partial charge < -0.3 is 25.0 Å². The number of hydrogen-bond donors (Lipinski definition) is 2. The summed E-state index contributed by atoms with van der Waals surface area (Å²) in [5.41, 5.74) is 4.14. The highest BCUT2D eigenvalue weighted by atomic mass is 32.2. The maximum absolute atomic E-state index is 12.5. The number of fused-ring (bicyclic) bond motifs is 2. The average Bonchev–Trinajstić information content (AvgIpc) is 3.22. The van der Waals surface area contributed by atoms with Gasteiger partial charge in [-0.1, -0.05) is 0 Å². The molecule has 1 aromatic carbocycles. The van der Waals surface area contributed by atoms with Crippen LogP contribution >= 0.6 is 11.8 Å². The van der Waals surface area contributed by atoms with Crippen molar-refractivity contribution in [2.45, 2.75) is 17.0 Å². The molecule has 3 aliphatic heterocycles. The van der Waals surface area contributed by atoms with Crippen LogP contribution in [-0.4, -0.2) is 73.2 Å². The average molecular weight is 493 g/mol. The number of nitrogens with zero attached hydrogens (tertiary/aromatic N) is 4. The summed E-state index contributed by atoms with van der Waals surface area (Å²) >= 11 is 1.50. The number of anilines is 3. The maximum Gasteiger partial charge on any atom is 0.414 e. The lowest BCUT2D eigenvalue weighted by molar-refractivity contribution is -0.113. The summed E-state index contributed by atoms with van der Waals surface area (Å²) in [6, 6.07) is 11.5. The van der Waals surface area contributed by atoms with Gasteiger partial charge in [-0.3, -0.25) is 14.7 Å². The van der Waals surface area contributed by atoms with Crippen molar-refractivity contribution in [3.05, 3.63) is 42.6 Å². The Balaban J connectivity index is 1.11. The van der Waals surface area contributed by atoms with E-state index in [2.05, 4.69) is 25.5 Å². The van der Waals surface area contributed by atoms with Gasteiger partial charge in [-0.15, -0.1) is 11.8 Å². The molecule has 0 spiro atoms. The van der Waals surface area contributed by atoms with Gasteiger partial charge in [0.2, 0.25) is 11.8 Å². The van der Waals surface area contributed by atoms with Crippen molar-refractivity contribution in [3.63, 3.8) is 0 Å². The van der Waals surface area contributed by atoms with E-state index in [-0.39, 0.29) is 24.1 Å². The Labute approximate surface area is 206 Å². The third-order valence-electron chi connectivity index (χ3n) is 6.45. The first kappa shape index (κ1) is 21.9. The third-order valence-corrected chi connectivity index (χ3v) is 7.52. The van der Waals surface area contributed by atoms with E-state index in [1.165, 1.54) is 11.8 Å². The molecule has 2 aromatic heterocycles. The molecule has 0 aliphatic carbocycles. The standard InChI is InChI=1S/C24H24N6O4S/c1-33-22-5-3-17-23(28-22)19(6-7-25-17)29-10-14(11-29)26-9-16-12-34-24(32)30(16)15-2-4-20-18(8-15)27-21(31)13-35-20/h2-8,14,16,26H,9-13H2,1H3,(H,27,31)/t16-/m0/s1. The van der Waals surface area contributed by atoms with Crippen LogP contribution in [-0.2, 0) is 9.53 Å². The fourth-order valence-electron chi connectivity index (χ4n) is 4.62. The molecule has 35 heavy (non-hydrogen) atoms. The number of nitrogens with one attached hydrogen (secondary N) is 2. The Bertz CT molecular complexity index is 1310. The Morgan fingerprint density at radius 1 is 1.23 bits per heavy atom. The van der Waals surface area contributed by atoms with Crippen LogP contribution in [0, 0.1) is 0 Å². The van der Waals surface area contributed by atoms with Crippen molar-refractivity contribution in [2.75, 3.05) is 54.2 Å². The van der Waals surface area contributed by atoms with Gasteiger partial charge in [0.15, 0.2) is 0 Å². The van der Waals surface area contributed by atoms with Gasteiger partial charge in [0.1, 0.15) is 12.1 Å². The second kappa shape index (κ2) is 8.90. The van der Waals surface area contributed by atoms with E-state index >= 15 is 0 Å². The molecule has 0 radical (unpaired) electrons. The van der Waals surface area contributed by atoms with E-state index in [4.69, 9.17) is 9.47 Å². The molecule has 0 saturated carbocycles. The van der Waals surface area contributed by atoms with Crippen LogP contribution in [0.2, 0.25) is 0 Å². The predicted molar refractivity (Wildman–Crippen MR) is 134 cm³/mol. The lowest BCUT2D eigenvalue weighted by Gasteiger charge is -2.42. The molecule has 3 aromatic rings. The van der Waals surface area contributed by atoms with Crippen molar-refractivity contribution in [2.24, 2.45) is 0 Å². The Hall–Kier alpha value is -3.57. The van der Waals surface area contributed by atoms with Crippen molar-refractivity contribution in [1.29, 1.82) is 0 Å². The monoisotopic (exact) mass is 492 g/mol. The number of hydrogen-bond acceptors (Lipinski definition) is 9. The summed E-state index contributed by atoms with van der Waals surface area (Å²) in [5, 5.41) is 6.46. The first-order chi connectivity index (χ1) is 17.1. The summed E-state index contributed by atoms with van der Waals surface area (Å²) in [6.07, 6.45) is 1.43. The van der Waals surface area contributed by atoms with Crippen molar-refractivity contribution in [1.82, 2.24) is 15.3 Å². The first-order valence-electron chi connectivity index (χ1n) is 11.4. The molecular weight excluding hydrogens is 468 g/mol. The van der Waals surface area contributed by atoms with Crippen LogP contribution in [0.25, 0.3) is 11.0 Å². The summed E-state index contributed by atoms with van der Waals surface area (Å²) in [7, 11) is 1.60. The summed E-state index contributed by atoms with van der Waals surface area (Å²) in [5.74, 6) is 0.933. The molecule has 2 saturated heterocycles. The van der Waals surface area contributed by atoms with Crippen molar-refractivity contribution in [3.8, 4) is 5.88 Å². The number of methoxy groups -OCH3 is 1. The molecule has 2 fully saturated rings. The largest absolute Gasteiger partial charge is 0.481 e. The van der Waals surface area contributed by atoms with Gasteiger partial charge >= 0.3 is 6.09 Å². The molecule has 5 heterocycles. The SMILES string of the molecule is COc1ccc2nccc(N3CC(NC[C@H]4COC(=O)N4c4ccc5c(c4)NC(=O)CS5)C3)c2n1. The van der Waals surface area contributed by atoms with E-state index in [0.29, 0.717) is 24.8 Å². The molecule has 11 heteroatoms. The van der Waals surface area contributed by atoms with Crippen molar-refractivity contribution >= 4 is 51.9 Å². The first-order valence-corrected chi connectivity index (χ1v) is 12.4. The van der Waals surface area contributed by atoms with Gasteiger partial charge in [-0.2, -0.15) is 0 Å². The molecule has 10 nitrogen and oxygen atoms in total. The summed E-state index contributed by atoms with van der Waals surface area (Å²) < 4.78 is 10.6. The summed E-state index contributed by atoms with van der Waals surface area (Å²) in [6.45, 7) is 2.56. The minimum absolute atomic E-state index is 0.0352. The van der Waals surface area contributed by atoms with E-state index in [9.17, 15) is 9.59 Å².